The highest BCUT2D eigenvalue weighted by atomic mass is 16.5. The number of ether oxygens (including phenoxy) is 1. The van der Waals surface area contributed by atoms with Crippen LogP contribution in [0.25, 0.3) is 0 Å². The van der Waals surface area contributed by atoms with Crippen LogP contribution in [0.5, 0.6) is 0 Å². The Morgan fingerprint density at radius 2 is 1.79 bits per heavy atom. The Balaban J connectivity index is 2.98. The summed E-state index contributed by atoms with van der Waals surface area (Å²) in [6.07, 6.45) is 3.23. The number of hydrogen-bond donors (Lipinski definition) is 1. The molecule has 1 N–H and O–H groups in total. The number of carboxylic acids is 1. The summed E-state index contributed by atoms with van der Waals surface area (Å²) < 4.78 is 5.34. The molecule has 1 rings (SSSR count). The van der Waals surface area contributed by atoms with E-state index in [1.165, 1.54) is 12.1 Å². The lowest BCUT2D eigenvalue weighted by Crippen LogP contribution is -2.23. The van der Waals surface area contributed by atoms with E-state index in [1.807, 2.05) is 20.8 Å². The second-order valence-corrected chi connectivity index (χ2v) is 4.49. The van der Waals surface area contributed by atoms with Crippen LogP contribution in [0.15, 0.2) is 36.4 Å². The summed E-state index contributed by atoms with van der Waals surface area (Å²) in [5.74, 6) is -1.63. The number of benzene rings is 1. The van der Waals surface area contributed by atoms with Gasteiger partial charge in [-0.05, 0) is 31.1 Å². The first-order valence-electron chi connectivity index (χ1n) is 6.13. The van der Waals surface area contributed by atoms with Crippen LogP contribution in [-0.2, 0) is 4.74 Å². The van der Waals surface area contributed by atoms with Gasteiger partial charge in [0, 0.05) is 0 Å². The van der Waals surface area contributed by atoms with E-state index < -0.39 is 11.9 Å². The van der Waals surface area contributed by atoms with E-state index in [0.29, 0.717) is 0 Å². The standard InChI is InChI=1S/C15H18O4/c1-4-7-13(10(2)3)19-15(18)12-9-6-5-8-11(12)14(16)17/h4-10,13H,1-3H3,(H,16,17)/b7-4+/t13-/m0/s1. The minimum atomic E-state index is -1.14. The molecule has 1 aromatic carbocycles. The fourth-order valence-corrected chi connectivity index (χ4v) is 1.62. The van der Waals surface area contributed by atoms with Crippen molar-refractivity contribution in [1.29, 1.82) is 0 Å². The SMILES string of the molecule is C/C=C/[C@H](OC(=O)c1ccccc1C(=O)O)C(C)C. The Hall–Kier alpha value is -2.10. The van der Waals surface area contributed by atoms with Gasteiger partial charge in [0.25, 0.3) is 0 Å². The van der Waals surface area contributed by atoms with Crippen LogP contribution in [0.1, 0.15) is 41.5 Å². The third kappa shape index (κ3) is 3.95. The Bertz CT molecular complexity index is 489. The number of carbonyl (C=O) groups is 2. The van der Waals surface area contributed by atoms with Crippen molar-refractivity contribution >= 4 is 11.9 Å². The molecule has 102 valence electrons. The van der Waals surface area contributed by atoms with E-state index in [1.54, 1.807) is 24.3 Å². The third-order valence-electron chi connectivity index (χ3n) is 2.66. The summed E-state index contributed by atoms with van der Waals surface area (Å²) in [5, 5.41) is 9.04. The smallest absolute Gasteiger partial charge is 0.339 e. The minimum absolute atomic E-state index is 0.0458. The monoisotopic (exact) mass is 262 g/mol. The van der Waals surface area contributed by atoms with Crippen LogP contribution in [0.2, 0.25) is 0 Å². The Morgan fingerprint density at radius 3 is 2.26 bits per heavy atom. The van der Waals surface area contributed by atoms with Crippen molar-refractivity contribution in [1.82, 2.24) is 0 Å². The average molecular weight is 262 g/mol. The van der Waals surface area contributed by atoms with Crippen molar-refractivity contribution in [2.45, 2.75) is 26.9 Å². The van der Waals surface area contributed by atoms with Gasteiger partial charge >= 0.3 is 11.9 Å². The molecule has 1 aromatic rings. The number of carbonyl (C=O) groups excluding carboxylic acids is 1. The lowest BCUT2D eigenvalue weighted by molar-refractivity contribution is 0.0303. The molecule has 0 radical (unpaired) electrons. The van der Waals surface area contributed by atoms with Crippen molar-refractivity contribution in [2.75, 3.05) is 0 Å². The first kappa shape index (κ1) is 15.0. The molecule has 0 aromatic heterocycles. The van der Waals surface area contributed by atoms with Crippen LogP contribution >= 0.6 is 0 Å². The summed E-state index contributed by atoms with van der Waals surface area (Å²) in [6, 6.07) is 6.03. The summed E-state index contributed by atoms with van der Waals surface area (Å²) in [5.41, 5.74) is 0.0284. The zero-order chi connectivity index (χ0) is 14.4. The zero-order valence-electron chi connectivity index (χ0n) is 11.3. The zero-order valence-corrected chi connectivity index (χ0v) is 11.3. The topological polar surface area (TPSA) is 63.6 Å². The summed E-state index contributed by atoms with van der Waals surface area (Å²) in [7, 11) is 0. The number of esters is 1. The van der Waals surface area contributed by atoms with Gasteiger partial charge in [0.2, 0.25) is 0 Å². The molecular formula is C15H18O4. The van der Waals surface area contributed by atoms with Crippen molar-refractivity contribution in [2.24, 2.45) is 5.92 Å². The summed E-state index contributed by atoms with van der Waals surface area (Å²) >= 11 is 0. The average Bonchev–Trinajstić information content (AvgIpc) is 2.37. The lowest BCUT2D eigenvalue weighted by atomic mass is 10.1. The molecular weight excluding hydrogens is 244 g/mol. The summed E-state index contributed by atoms with van der Waals surface area (Å²) in [4.78, 5) is 23.1. The van der Waals surface area contributed by atoms with Crippen LogP contribution < -0.4 is 0 Å². The fraction of sp³-hybridized carbons (Fsp3) is 0.333. The van der Waals surface area contributed by atoms with E-state index in [2.05, 4.69) is 0 Å². The number of hydrogen-bond acceptors (Lipinski definition) is 3. The lowest BCUT2D eigenvalue weighted by Gasteiger charge is -2.18. The van der Waals surface area contributed by atoms with Crippen molar-refractivity contribution in [3.05, 3.63) is 47.5 Å². The Morgan fingerprint density at radius 1 is 1.21 bits per heavy atom. The molecule has 0 bridgehead atoms. The number of aromatic carboxylic acids is 1. The van der Waals surface area contributed by atoms with Crippen LogP contribution in [-0.4, -0.2) is 23.1 Å². The number of carboxylic acid groups (broad SMARTS) is 1. The molecule has 1 atom stereocenters. The van der Waals surface area contributed by atoms with Crippen molar-refractivity contribution < 1.29 is 19.4 Å². The Labute approximate surface area is 112 Å². The van der Waals surface area contributed by atoms with E-state index >= 15 is 0 Å². The molecule has 0 heterocycles. The largest absolute Gasteiger partial charge is 0.478 e. The molecule has 0 spiro atoms. The van der Waals surface area contributed by atoms with E-state index in [9.17, 15) is 9.59 Å². The van der Waals surface area contributed by atoms with E-state index in [0.717, 1.165) is 0 Å². The van der Waals surface area contributed by atoms with Gasteiger partial charge in [0.1, 0.15) is 6.10 Å². The maximum Gasteiger partial charge on any atom is 0.339 e. The molecule has 0 fully saturated rings. The maximum atomic E-state index is 12.0. The molecule has 0 amide bonds. The van der Waals surface area contributed by atoms with Crippen LogP contribution in [0.4, 0.5) is 0 Å². The van der Waals surface area contributed by atoms with Gasteiger partial charge in [0.15, 0.2) is 0 Å². The van der Waals surface area contributed by atoms with Gasteiger partial charge in [-0.3, -0.25) is 0 Å². The van der Waals surface area contributed by atoms with Crippen molar-refractivity contribution in [3.63, 3.8) is 0 Å². The number of allylic oxidation sites excluding steroid dienone is 1. The molecule has 0 unspecified atom stereocenters. The summed E-state index contributed by atoms with van der Waals surface area (Å²) in [6.45, 7) is 5.70. The predicted molar refractivity (Wildman–Crippen MR) is 72.3 cm³/mol. The van der Waals surface area contributed by atoms with Gasteiger partial charge in [-0.1, -0.05) is 32.1 Å². The maximum absolute atomic E-state index is 12.0. The van der Waals surface area contributed by atoms with Gasteiger partial charge in [-0.25, -0.2) is 9.59 Å². The highest BCUT2D eigenvalue weighted by molar-refractivity contribution is 6.02. The van der Waals surface area contributed by atoms with E-state index in [-0.39, 0.29) is 23.1 Å². The predicted octanol–water partition coefficient (Wildman–Crippen LogP) is 3.14. The molecule has 0 saturated carbocycles. The molecule has 4 heteroatoms. The van der Waals surface area contributed by atoms with E-state index in [4.69, 9.17) is 9.84 Å². The third-order valence-corrected chi connectivity index (χ3v) is 2.66. The molecule has 0 aliphatic rings. The number of rotatable bonds is 5. The molecule has 4 nitrogen and oxygen atoms in total. The van der Waals surface area contributed by atoms with Gasteiger partial charge in [-0.15, -0.1) is 0 Å². The highest BCUT2D eigenvalue weighted by Gasteiger charge is 2.21. The molecule has 19 heavy (non-hydrogen) atoms. The van der Waals surface area contributed by atoms with Gasteiger partial charge in [0.05, 0.1) is 11.1 Å². The second kappa shape index (κ2) is 6.73. The van der Waals surface area contributed by atoms with Crippen LogP contribution in [0.3, 0.4) is 0 Å². The minimum Gasteiger partial charge on any atom is -0.478 e. The molecule has 0 aliphatic heterocycles. The first-order valence-corrected chi connectivity index (χ1v) is 6.13. The first-order chi connectivity index (χ1) is 8.97. The Kier molecular flexibility index (Phi) is 5.30. The van der Waals surface area contributed by atoms with Crippen LogP contribution in [0, 0.1) is 5.92 Å². The quantitative estimate of drug-likeness (QED) is 0.654. The highest BCUT2D eigenvalue weighted by Crippen LogP contribution is 2.15. The normalized spacial score (nSPS) is 12.6. The fourth-order valence-electron chi connectivity index (χ4n) is 1.62. The molecule has 0 saturated heterocycles. The van der Waals surface area contributed by atoms with Crippen molar-refractivity contribution in [3.8, 4) is 0 Å². The van der Waals surface area contributed by atoms with Gasteiger partial charge in [-0.2, -0.15) is 0 Å². The van der Waals surface area contributed by atoms with Gasteiger partial charge < -0.3 is 9.84 Å². The second-order valence-electron chi connectivity index (χ2n) is 4.49. The molecule has 0 aliphatic carbocycles.